The fourth-order valence-corrected chi connectivity index (χ4v) is 2.30. The first-order chi connectivity index (χ1) is 10.0. The number of phenolic OH excluding ortho intramolecular Hbond substituents is 1. The Balaban J connectivity index is 2.19. The van der Waals surface area contributed by atoms with Crippen LogP contribution in [-0.2, 0) is 0 Å². The van der Waals surface area contributed by atoms with Crippen LogP contribution in [0.1, 0.15) is 29.2 Å². The van der Waals surface area contributed by atoms with E-state index in [-0.39, 0.29) is 5.75 Å². The van der Waals surface area contributed by atoms with Crippen molar-refractivity contribution in [2.75, 3.05) is 7.11 Å². The van der Waals surface area contributed by atoms with Gasteiger partial charge in [-0.15, -0.1) is 0 Å². The number of para-hydroxylation sites is 1. The number of aromatic hydroxyl groups is 1. The summed E-state index contributed by atoms with van der Waals surface area (Å²) < 4.78 is 5.26. The number of aryl methyl sites for hydroxylation is 1. The van der Waals surface area contributed by atoms with Gasteiger partial charge in [-0.1, -0.05) is 24.3 Å². The third-order valence-corrected chi connectivity index (χ3v) is 3.44. The molecule has 0 radical (unpaired) electrons. The van der Waals surface area contributed by atoms with Gasteiger partial charge >= 0.3 is 0 Å². The monoisotopic (exact) mass is 284 g/mol. The summed E-state index contributed by atoms with van der Waals surface area (Å²) in [5.74, 6) is 0.832. The van der Waals surface area contributed by atoms with Crippen LogP contribution in [0.25, 0.3) is 0 Å². The van der Waals surface area contributed by atoms with Crippen LogP contribution in [0.5, 0.6) is 11.5 Å². The van der Waals surface area contributed by atoms with E-state index in [2.05, 4.69) is 0 Å². The highest BCUT2D eigenvalue weighted by molar-refractivity contribution is 6.01. The summed E-state index contributed by atoms with van der Waals surface area (Å²) in [5, 5.41) is 18.2. The smallest absolute Gasteiger partial charge is 0.127 e. The number of benzene rings is 2. The molecule has 0 aliphatic carbocycles. The quantitative estimate of drug-likeness (QED) is 0.738. The van der Waals surface area contributed by atoms with Gasteiger partial charge in [0.2, 0.25) is 0 Å². The van der Waals surface area contributed by atoms with Crippen molar-refractivity contribution in [2.45, 2.75) is 19.4 Å². The number of methoxy groups -OCH3 is 1. The van der Waals surface area contributed by atoms with E-state index < -0.39 is 6.04 Å². The van der Waals surface area contributed by atoms with E-state index >= 15 is 0 Å². The van der Waals surface area contributed by atoms with Crippen molar-refractivity contribution in [2.24, 2.45) is 5.73 Å². The second-order valence-electron chi connectivity index (χ2n) is 5.05. The number of ether oxygens (including phenoxy) is 1. The lowest BCUT2D eigenvalue weighted by Crippen LogP contribution is -2.16. The van der Waals surface area contributed by atoms with Crippen LogP contribution in [0.4, 0.5) is 0 Å². The molecule has 0 amide bonds. The first-order valence-electron chi connectivity index (χ1n) is 6.79. The minimum atomic E-state index is -0.428. The fourth-order valence-electron chi connectivity index (χ4n) is 2.30. The molecule has 1 unspecified atom stereocenters. The maximum atomic E-state index is 9.97. The van der Waals surface area contributed by atoms with Crippen LogP contribution in [-0.4, -0.2) is 17.9 Å². The average molecular weight is 284 g/mol. The van der Waals surface area contributed by atoms with Crippen LogP contribution >= 0.6 is 0 Å². The molecule has 0 saturated heterocycles. The van der Waals surface area contributed by atoms with Crippen molar-refractivity contribution in [3.05, 3.63) is 59.2 Å². The Labute approximate surface area is 124 Å². The Kier molecular flexibility index (Phi) is 4.60. The van der Waals surface area contributed by atoms with Crippen molar-refractivity contribution in [3.8, 4) is 11.5 Å². The zero-order chi connectivity index (χ0) is 15.4. The minimum absolute atomic E-state index is 0.176. The van der Waals surface area contributed by atoms with Crippen LogP contribution in [0.3, 0.4) is 0 Å². The van der Waals surface area contributed by atoms with Gasteiger partial charge in [-0.05, 0) is 30.7 Å². The first kappa shape index (κ1) is 15.1. The van der Waals surface area contributed by atoms with E-state index in [4.69, 9.17) is 15.9 Å². The summed E-state index contributed by atoms with van der Waals surface area (Å²) in [6.45, 7) is 1.91. The van der Waals surface area contributed by atoms with E-state index in [0.717, 1.165) is 11.1 Å². The van der Waals surface area contributed by atoms with Crippen molar-refractivity contribution >= 4 is 5.71 Å². The van der Waals surface area contributed by atoms with Crippen LogP contribution in [0.2, 0.25) is 0 Å². The lowest BCUT2D eigenvalue weighted by Gasteiger charge is -2.16. The standard InChI is InChI=1S/C17H20N2O2/c1-11-7-8-12(16(20)9-11)14(18)10-15(19)13-5-3-4-6-17(13)21-2/h3-9,14,19-20H,10,18H2,1-2H3. The molecular formula is C17H20N2O2. The molecule has 0 saturated carbocycles. The maximum absolute atomic E-state index is 9.97. The molecule has 0 aliphatic heterocycles. The molecule has 2 aromatic carbocycles. The van der Waals surface area contributed by atoms with Crippen molar-refractivity contribution in [1.82, 2.24) is 0 Å². The lowest BCUT2D eigenvalue weighted by atomic mass is 9.96. The molecule has 1 atom stereocenters. The normalized spacial score (nSPS) is 12.0. The van der Waals surface area contributed by atoms with Crippen LogP contribution < -0.4 is 10.5 Å². The summed E-state index contributed by atoms with van der Waals surface area (Å²) in [5.41, 5.74) is 8.88. The van der Waals surface area contributed by atoms with E-state index in [1.807, 2.05) is 43.3 Å². The minimum Gasteiger partial charge on any atom is -0.508 e. The van der Waals surface area contributed by atoms with Gasteiger partial charge in [0.25, 0.3) is 0 Å². The third-order valence-electron chi connectivity index (χ3n) is 3.44. The third kappa shape index (κ3) is 3.41. The molecule has 4 N–H and O–H groups in total. The highest BCUT2D eigenvalue weighted by Gasteiger charge is 2.16. The molecule has 0 bridgehead atoms. The highest BCUT2D eigenvalue weighted by Crippen LogP contribution is 2.28. The van der Waals surface area contributed by atoms with Crippen molar-refractivity contribution < 1.29 is 9.84 Å². The molecule has 110 valence electrons. The molecule has 4 heteroatoms. The Morgan fingerprint density at radius 3 is 2.67 bits per heavy atom. The van der Waals surface area contributed by atoms with E-state index in [9.17, 15) is 5.11 Å². The van der Waals surface area contributed by atoms with Gasteiger partial charge in [0, 0.05) is 29.3 Å². The van der Waals surface area contributed by atoms with E-state index in [1.54, 1.807) is 13.2 Å². The second-order valence-corrected chi connectivity index (χ2v) is 5.05. The zero-order valence-corrected chi connectivity index (χ0v) is 12.3. The molecule has 2 rings (SSSR count). The van der Waals surface area contributed by atoms with Crippen LogP contribution in [0, 0.1) is 12.3 Å². The molecule has 0 fully saturated rings. The van der Waals surface area contributed by atoms with Crippen LogP contribution in [0.15, 0.2) is 42.5 Å². The zero-order valence-electron chi connectivity index (χ0n) is 12.3. The predicted molar refractivity (Wildman–Crippen MR) is 84.2 cm³/mol. The van der Waals surface area contributed by atoms with Crippen molar-refractivity contribution in [3.63, 3.8) is 0 Å². The van der Waals surface area contributed by atoms with Gasteiger partial charge in [0.05, 0.1) is 7.11 Å². The fraction of sp³-hybridized carbons (Fsp3) is 0.235. The summed E-state index contributed by atoms with van der Waals surface area (Å²) in [6, 6.07) is 12.3. The Bertz CT molecular complexity index is 653. The Morgan fingerprint density at radius 2 is 2.00 bits per heavy atom. The molecule has 4 nitrogen and oxygen atoms in total. The summed E-state index contributed by atoms with van der Waals surface area (Å²) in [4.78, 5) is 0. The molecule has 0 spiro atoms. The van der Waals surface area contributed by atoms with Gasteiger partial charge in [-0.25, -0.2) is 0 Å². The van der Waals surface area contributed by atoms with Crippen molar-refractivity contribution in [1.29, 1.82) is 5.41 Å². The molecule has 21 heavy (non-hydrogen) atoms. The van der Waals surface area contributed by atoms with Gasteiger partial charge < -0.3 is 21.0 Å². The number of nitrogens with one attached hydrogen (secondary N) is 1. The van der Waals surface area contributed by atoms with Gasteiger partial charge in [-0.3, -0.25) is 0 Å². The van der Waals surface area contributed by atoms with Gasteiger partial charge in [-0.2, -0.15) is 0 Å². The van der Waals surface area contributed by atoms with E-state index in [0.29, 0.717) is 23.4 Å². The molecule has 0 heterocycles. The highest BCUT2D eigenvalue weighted by atomic mass is 16.5. The number of nitrogens with two attached hydrogens (primary N) is 1. The SMILES string of the molecule is COc1ccccc1C(=N)CC(N)c1ccc(C)cc1O. The maximum Gasteiger partial charge on any atom is 0.127 e. The molecular weight excluding hydrogens is 264 g/mol. The summed E-state index contributed by atoms with van der Waals surface area (Å²) in [7, 11) is 1.58. The second kappa shape index (κ2) is 6.41. The molecule has 2 aromatic rings. The number of hydrogen-bond donors (Lipinski definition) is 3. The van der Waals surface area contributed by atoms with Gasteiger partial charge in [0.1, 0.15) is 11.5 Å². The number of phenols is 1. The summed E-state index contributed by atoms with van der Waals surface area (Å²) in [6.07, 6.45) is 0.330. The average Bonchev–Trinajstić information content (AvgIpc) is 2.46. The topological polar surface area (TPSA) is 79.3 Å². The predicted octanol–water partition coefficient (Wildman–Crippen LogP) is 3.17. The molecule has 0 aliphatic rings. The Morgan fingerprint density at radius 1 is 1.29 bits per heavy atom. The summed E-state index contributed by atoms with van der Waals surface area (Å²) >= 11 is 0. The lowest BCUT2D eigenvalue weighted by molar-refractivity contribution is 0.413. The first-order valence-corrected chi connectivity index (χ1v) is 6.79. The largest absolute Gasteiger partial charge is 0.508 e. The van der Waals surface area contributed by atoms with Gasteiger partial charge in [0.15, 0.2) is 0 Å². The Hall–Kier alpha value is -2.33. The molecule has 0 aromatic heterocycles. The number of rotatable bonds is 5. The number of hydrogen-bond acceptors (Lipinski definition) is 4. The van der Waals surface area contributed by atoms with E-state index in [1.165, 1.54) is 0 Å².